The zero-order valence-electron chi connectivity index (χ0n) is 11.5. The highest BCUT2D eigenvalue weighted by Crippen LogP contribution is 2.19. The number of aryl methyl sites for hydroxylation is 3. The van der Waals surface area contributed by atoms with E-state index in [2.05, 4.69) is 15.4 Å². The molecule has 0 atom stereocenters. The number of pyridine rings is 1. The van der Waals surface area contributed by atoms with Crippen molar-refractivity contribution in [3.63, 3.8) is 0 Å². The molecule has 20 heavy (non-hydrogen) atoms. The van der Waals surface area contributed by atoms with E-state index in [1.54, 1.807) is 12.1 Å². The van der Waals surface area contributed by atoms with Gasteiger partial charge in [-0.1, -0.05) is 0 Å². The quantitative estimate of drug-likeness (QED) is 0.496. The van der Waals surface area contributed by atoms with Gasteiger partial charge in [-0.05, 0) is 48.4 Å². The van der Waals surface area contributed by atoms with Crippen molar-refractivity contribution >= 4 is 11.5 Å². The van der Waals surface area contributed by atoms with Crippen LogP contribution in [-0.2, 0) is 6.54 Å². The molecule has 7 nitrogen and oxygen atoms in total. The SMILES string of the molecule is Cc1cc(C)n(CCCNc2cccnc2[N+](=O)[O-])n1. The van der Waals surface area contributed by atoms with Crippen molar-refractivity contribution < 1.29 is 4.92 Å². The Morgan fingerprint density at radius 1 is 1.45 bits per heavy atom. The van der Waals surface area contributed by atoms with Crippen molar-refractivity contribution in [3.05, 3.63) is 45.9 Å². The molecule has 0 aliphatic heterocycles. The topological polar surface area (TPSA) is 85.9 Å². The van der Waals surface area contributed by atoms with Gasteiger partial charge in [-0.3, -0.25) is 4.68 Å². The Hall–Kier alpha value is -2.44. The highest BCUT2D eigenvalue weighted by atomic mass is 16.6. The fourth-order valence-corrected chi connectivity index (χ4v) is 2.03. The van der Waals surface area contributed by atoms with Crippen molar-refractivity contribution in [2.45, 2.75) is 26.8 Å². The lowest BCUT2D eigenvalue weighted by Gasteiger charge is -2.07. The number of hydrogen-bond donors (Lipinski definition) is 1. The number of nitrogens with one attached hydrogen (secondary N) is 1. The second-order valence-electron chi connectivity index (χ2n) is 4.56. The van der Waals surface area contributed by atoms with Crippen molar-refractivity contribution in [2.24, 2.45) is 0 Å². The van der Waals surface area contributed by atoms with Crippen LogP contribution in [0.25, 0.3) is 0 Å². The van der Waals surface area contributed by atoms with E-state index in [0.717, 1.165) is 24.4 Å². The number of nitrogens with zero attached hydrogens (tertiary/aromatic N) is 4. The number of rotatable bonds is 6. The van der Waals surface area contributed by atoms with Crippen molar-refractivity contribution in [2.75, 3.05) is 11.9 Å². The van der Waals surface area contributed by atoms with Gasteiger partial charge in [0, 0.05) is 18.8 Å². The summed E-state index contributed by atoms with van der Waals surface area (Å²) in [6.07, 6.45) is 2.24. The maximum Gasteiger partial charge on any atom is 0.386 e. The van der Waals surface area contributed by atoms with Crippen LogP contribution < -0.4 is 5.32 Å². The van der Waals surface area contributed by atoms with E-state index >= 15 is 0 Å². The van der Waals surface area contributed by atoms with Crippen LogP contribution in [0.2, 0.25) is 0 Å². The number of hydrogen-bond acceptors (Lipinski definition) is 5. The molecule has 0 saturated heterocycles. The van der Waals surface area contributed by atoms with Crippen molar-refractivity contribution in [1.29, 1.82) is 0 Å². The molecule has 0 radical (unpaired) electrons. The number of nitro groups is 1. The van der Waals surface area contributed by atoms with Gasteiger partial charge in [0.05, 0.1) is 5.69 Å². The van der Waals surface area contributed by atoms with Gasteiger partial charge in [0.1, 0.15) is 11.9 Å². The maximum absolute atomic E-state index is 10.8. The molecular formula is C13H17N5O2. The van der Waals surface area contributed by atoms with E-state index < -0.39 is 4.92 Å². The molecule has 0 bridgehead atoms. The molecule has 7 heteroatoms. The van der Waals surface area contributed by atoms with E-state index in [1.807, 2.05) is 24.6 Å². The summed E-state index contributed by atoms with van der Waals surface area (Å²) in [6.45, 7) is 5.38. The summed E-state index contributed by atoms with van der Waals surface area (Å²) >= 11 is 0. The third kappa shape index (κ3) is 3.31. The monoisotopic (exact) mass is 275 g/mol. The standard InChI is InChI=1S/C13H17N5O2/c1-10-9-11(2)17(16-10)8-4-7-14-12-5-3-6-15-13(12)18(19)20/h3,5-6,9,14H,4,7-8H2,1-2H3. The van der Waals surface area contributed by atoms with Gasteiger partial charge in [0.25, 0.3) is 0 Å². The Balaban J connectivity index is 1.88. The van der Waals surface area contributed by atoms with Gasteiger partial charge >= 0.3 is 5.82 Å². The molecule has 0 aromatic carbocycles. The average molecular weight is 275 g/mol. The van der Waals surface area contributed by atoms with Gasteiger partial charge in [-0.2, -0.15) is 5.10 Å². The summed E-state index contributed by atoms with van der Waals surface area (Å²) in [4.78, 5) is 14.1. The number of aromatic nitrogens is 3. The molecule has 0 amide bonds. The first kappa shape index (κ1) is 14.0. The van der Waals surface area contributed by atoms with Crippen LogP contribution >= 0.6 is 0 Å². The summed E-state index contributed by atoms with van der Waals surface area (Å²) in [5, 5.41) is 18.2. The highest BCUT2D eigenvalue weighted by Gasteiger charge is 2.13. The molecule has 0 unspecified atom stereocenters. The summed E-state index contributed by atoms with van der Waals surface area (Å²) in [5.74, 6) is -0.140. The van der Waals surface area contributed by atoms with Crippen LogP contribution in [0.4, 0.5) is 11.5 Å². The lowest BCUT2D eigenvalue weighted by atomic mass is 10.3. The molecule has 0 spiro atoms. The minimum atomic E-state index is -0.483. The zero-order chi connectivity index (χ0) is 14.5. The zero-order valence-corrected chi connectivity index (χ0v) is 11.5. The summed E-state index contributed by atoms with van der Waals surface area (Å²) in [6, 6.07) is 5.37. The van der Waals surface area contributed by atoms with Crippen LogP contribution in [0.15, 0.2) is 24.4 Å². The van der Waals surface area contributed by atoms with Gasteiger partial charge in [-0.25, -0.2) is 0 Å². The molecule has 0 aliphatic rings. The van der Waals surface area contributed by atoms with Crippen LogP contribution in [-0.4, -0.2) is 26.2 Å². The van der Waals surface area contributed by atoms with Gasteiger partial charge in [0.2, 0.25) is 0 Å². The molecule has 0 saturated carbocycles. The number of anilines is 1. The average Bonchev–Trinajstić information content (AvgIpc) is 2.73. The molecule has 2 aromatic rings. The molecule has 106 valence electrons. The van der Waals surface area contributed by atoms with Gasteiger partial charge < -0.3 is 15.4 Å². The summed E-state index contributed by atoms with van der Waals surface area (Å²) in [5.41, 5.74) is 2.57. The van der Waals surface area contributed by atoms with Crippen LogP contribution in [0.3, 0.4) is 0 Å². The molecule has 2 rings (SSSR count). The summed E-state index contributed by atoms with van der Waals surface area (Å²) < 4.78 is 1.94. The third-order valence-corrected chi connectivity index (χ3v) is 2.93. The van der Waals surface area contributed by atoms with E-state index in [9.17, 15) is 10.1 Å². The van der Waals surface area contributed by atoms with E-state index in [0.29, 0.717) is 12.2 Å². The van der Waals surface area contributed by atoms with Crippen molar-refractivity contribution in [1.82, 2.24) is 14.8 Å². The first-order valence-electron chi connectivity index (χ1n) is 6.42. The Morgan fingerprint density at radius 2 is 2.25 bits per heavy atom. The Kier molecular flexibility index (Phi) is 4.29. The van der Waals surface area contributed by atoms with Crippen LogP contribution in [0.1, 0.15) is 17.8 Å². The van der Waals surface area contributed by atoms with Crippen molar-refractivity contribution in [3.8, 4) is 0 Å². The van der Waals surface area contributed by atoms with E-state index in [1.165, 1.54) is 6.20 Å². The molecule has 1 N–H and O–H groups in total. The predicted octanol–water partition coefficient (Wildman–Crippen LogP) is 2.31. The Bertz CT molecular complexity index is 609. The lowest BCUT2D eigenvalue weighted by Crippen LogP contribution is -2.10. The second kappa shape index (κ2) is 6.14. The molecule has 2 heterocycles. The highest BCUT2D eigenvalue weighted by molar-refractivity contribution is 5.56. The first-order chi connectivity index (χ1) is 9.58. The third-order valence-electron chi connectivity index (χ3n) is 2.93. The predicted molar refractivity (Wildman–Crippen MR) is 75.7 cm³/mol. The van der Waals surface area contributed by atoms with Crippen LogP contribution in [0, 0.1) is 24.0 Å². The lowest BCUT2D eigenvalue weighted by molar-refractivity contribution is -0.388. The van der Waals surface area contributed by atoms with Gasteiger partial charge in [0.15, 0.2) is 0 Å². The normalized spacial score (nSPS) is 10.5. The molecular weight excluding hydrogens is 258 g/mol. The first-order valence-corrected chi connectivity index (χ1v) is 6.42. The minimum Gasteiger partial charge on any atom is -0.378 e. The Labute approximate surface area is 116 Å². The molecule has 0 fully saturated rings. The maximum atomic E-state index is 10.8. The van der Waals surface area contributed by atoms with Gasteiger partial charge in [-0.15, -0.1) is 0 Å². The van der Waals surface area contributed by atoms with E-state index in [4.69, 9.17) is 0 Å². The minimum absolute atomic E-state index is 0.140. The fourth-order valence-electron chi connectivity index (χ4n) is 2.03. The fraction of sp³-hybridized carbons (Fsp3) is 0.385. The van der Waals surface area contributed by atoms with Crippen LogP contribution in [0.5, 0.6) is 0 Å². The molecule has 0 aliphatic carbocycles. The Morgan fingerprint density at radius 3 is 2.90 bits per heavy atom. The van der Waals surface area contributed by atoms with E-state index in [-0.39, 0.29) is 5.82 Å². The second-order valence-corrected chi connectivity index (χ2v) is 4.56. The smallest absolute Gasteiger partial charge is 0.378 e. The molecule has 2 aromatic heterocycles. The summed E-state index contributed by atoms with van der Waals surface area (Å²) in [7, 11) is 0. The largest absolute Gasteiger partial charge is 0.386 e.